The zero-order valence-corrected chi connectivity index (χ0v) is 16.9. The highest BCUT2D eigenvalue weighted by molar-refractivity contribution is 6.49. The maximum atomic E-state index is 12.9. The molecular formula is C23H21ClN2O3. The Bertz CT molecular complexity index is 1020. The summed E-state index contributed by atoms with van der Waals surface area (Å²) >= 11 is 5.90. The average Bonchev–Trinajstić information content (AvgIpc) is 2.73. The van der Waals surface area contributed by atoms with Crippen molar-refractivity contribution in [2.24, 2.45) is 5.16 Å². The van der Waals surface area contributed by atoms with E-state index in [1.807, 2.05) is 55.5 Å². The third-order valence-electron chi connectivity index (χ3n) is 4.25. The molecular weight excluding hydrogens is 388 g/mol. The second-order valence-corrected chi connectivity index (χ2v) is 6.73. The van der Waals surface area contributed by atoms with Crippen molar-refractivity contribution in [2.45, 2.75) is 13.5 Å². The molecule has 0 radical (unpaired) electrons. The highest BCUT2D eigenvalue weighted by Gasteiger charge is 2.19. The van der Waals surface area contributed by atoms with Crippen molar-refractivity contribution in [1.82, 2.24) is 0 Å². The molecule has 0 fully saturated rings. The fourth-order valence-electron chi connectivity index (χ4n) is 2.78. The van der Waals surface area contributed by atoms with E-state index in [-0.39, 0.29) is 12.3 Å². The first-order valence-electron chi connectivity index (χ1n) is 9.03. The summed E-state index contributed by atoms with van der Waals surface area (Å²) < 4.78 is 5.96. The second kappa shape index (κ2) is 9.75. The van der Waals surface area contributed by atoms with Crippen LogP contribution in [0.2, 0.25) is 5.02 Å². The highest BCUT2D eigenvalue weighted by atomic mass is 35.5. The molecule has 0 unspecified atom stereocenters. The van der Waals surface area contributed by atoms with E-state index in [9.17, 15) is 4.79 Å². The summed E-state index contributed by atoms with van der Waals surface area (Å²) in [6.07, 6.45) is 0. The molecule has 0 aromatic heterocycles. The summed E-state index contributed by atoms with van der Waals surface area (Å²) in [5, 5.41) is 7.37. The Hall–Kier alpha value is -3.31. The molecule has 6 heteroatoms. The van der Waals surface area contributed by atoms with Crippen LogP contribution < -0.4 is 10.1 Å². The summed E-state index contributed by atoms with van der Waals surface area (Å²) in [4.78, 5) is 17.8. The molecule has 0 atom stereocenters. The van der Waals surface area contributed by atoms with Crippen LogP contribution in [0.4, 0.5) is 5.69 Å². The van der Waals surface area contributed by atoms with Gasteiger partial charge in [-0.05, 0) is 48.4 Å². The Morgan fingerprint density at radius 3 is 2.41 bits per heavy atom. The van der Waals surface area contributed by atoms with Crippen LogP contribution in [0.15, 0.2) is 78.0 Å². The monoisotopic (exact) mass is 408 g/mol. The summed E-state index contributed by atoms with van der Waals surface area (Å²) in [6.45, 7) is 2.27. The van der Waals surface area contributed by atoms with E-state index < -0.39 is 5.91 Å². The van der Waals surface area contributed by atoms with Crippen LogP contribution in [0.3, 0.4) is 0 Å². The van der Waals surface area contributed by atoms with Gasteiger partial charge in [0.15, 0.2) is 5.71 Å². The molecule has 1 amide bonds. The third-order valence-corrected chi connectivity index (χ3v) is 4.50. The van der Waals surface area contributed by atoms with Gasteiger partial charge in [0.05, 0.1) is 0 Å². The minimum atomic E-state index is -0.391. The number of halogens is 1. The van der Waals surface area contributed by atoms with E-state index in [4.69, 9.17) is 21.2 Å². The lowest BCUT2D eigenvalue weighted by atomic mass is 10.0. The Morgan fingerprint density at radius 2 is 1.69 bits per heavy atom. The number of nitrogens with zero attached hydrogens (tertiary/aromatic N) is 1. The number of rotatable bonds is 7. The maximum Gasteiger partial charge on any atom is 0.278 e. The average molecular weight is 409 g/mol. The van der Waals surface area contributed by atoms with Crippen LogP contribution in [0.25, 0.3) is 0 Å². The number of ether oxygens (including phenoxy) is 1. The van der Waals surface area contributed by atoms with Crippen molar-refractivity contribution in [2.75, 3.05) is 12.4 Å². The number of hydrogen-bond donors (Lipinski definition) is 1. The normalized spacial score (nSPS) is 11.1. The van der Waals surface area contributed by atoms with Crippen molar-refractivity contribution in [3.8, 4) is 5.75 Å². The summed E-state index contributed by atoms with van der Waals surface area (Å²) in [7, 11) is 1.40. The van der Waals surface area contributed by atoms with Crippen molar-refractivity contribution < 1.29 is 14.4 Å². The number of hydrogen-bond acceptors (Lipinski definition) is 4. The molecule has 29 heavy (non-hydrogen) atoms. The lowest BCUT2D eigenvalue weighted by Crippen LogP contribution is -2.25. The number of carbonyl (C=O) groups excluding carboxylic acids is 1. The zero-order valence-electron chi connectivity index (χ0n) is 16.2. The minimum Gasteiger partial charge on any atom is -0.489 e. The largest absolute Gasteiger partial charge is 0.489 e. The Morgan fingerprint density at radius 1 is 1.00 bits per heavy atom. The first kappa shape index (κ1) is 20.4. The number of oxime groups is 1. The van der Waals surface area contributed by atoms with Crippen LogP contribution >= 0.6 is 11.6 Å². The van der Waals surface area contributed by atoms with Gasteiger partial charge in [0.1, 0.15) is 19.5 Å². The molecule has 0 saturated carbocycles. The fraction of sp³-hybridized carbons (Fsp3) is 0.130. The molecule has 0 bridgehead atoms. The fourth-order valence-corrected chi connectivity index (χ4v) is 2.90. The second-order valence-electron chi connectivity index (χ2n) is 6.29. The number of aryl methyl sites for hydroxylation is 1. The number of benzene rings is 3. The van der Waals surface area contributed by atoms with Gasteiger partial charge in [-0.1, -0.05) is 59.2 Å². The van der Waals surface area contributed by atoms with Crippen LogP contribution in [0, 0.1) is 6.92 Å². The van der Waals surface area contributed by atoms with E-state index in [2.05, 4.69) is 10.5 Å². The van der Waals surface area contributed by atoms with E-state index in [1.165, 1.54) is 7.11 Å². The van der Waals surface area contributed by atoms with Gasteiger partial charge < -0.3 is 14.9 Å². The molecule has 0 aliphatic carbocycles. The van der Waals surface area contributed by atoms with Crippen LogP contribution in [-0.4, -0.2) is 18.7 Å². The van der Waals surface area contributed by atoms with Gasteiger partial charge >= 0.3 is 0 Å². The minimum absolute atomic E-state index is 0.159. The SMILES string of the molecule is CON=C(C(=O)Nc1ccc(Cl)cc1)c1ccccc1COc1ccccc1C. The van der Waals surface area contributed by atoms with Gasteiger partial charge in [0.2, 0.25) is 0 Å². The number of para-hydroxylation sites is 1. The molecule has 3 aromatic rings. The molecule has 3 aromatic carbocycles. The van der Waals surface area contributed by atoms with E-state index in [0.29, 0.717) is 16.3 Å². The number of nitrogens with one attached hydrogen (secondary N) is 1. The number of amides is 1. The van der Waals surface area contributed by atoms with Gasteiger partial charge in [0, 0.05) is 16.3 Å². The van der Waals surface area contributed by atoms with Gasteiger partial charge in [-0.25, -0.2) is 0 Å². The van der Waals surface area contributed by atoms with Crippen LogP contribution in [-0.2, 0) is 16.2 Å². The first-order valence-corrected chi connectivity index (χ1v) is 9.41. The smallest absolute Gasteiger partial charge is 0.278 e. The van der Waals surface area contributed by atoms with E-state index >= 15 is 0 Å². The molecule has 0 aliphatic heterocycles. The Labute approximate surface area is 174 Å². The van der Waals surface area contributed by atoms with Crippen LogP contribution in [0.5, 0.6) is 5.75 Å². The van der Waals surface area contributed by atoms with E-state index in [1.54, 1.807) is 24.3 Å². The van der Waals surface area contributed by atoms with Crippen molar-refractivity contribution >= 4 is 28.9 Å². The summed E-state index contributed by atoms with van der Waals surface area (Å²) in [6, 6.07) is 22.1. The van der Waals surface area contributed by atoms with Crippen molar-refractivity contribution in [3.05, 3.63) is 94.5 Å². The molecule has 1 N–H and O–H groups in total. The molecule has 148 valence electrons. The lowest BCUT2D eigenvalue weighted by Gasteiger charge is -2.14. The summed E-state index contributed by atoms with van der Waals surface area (Å²) in [5.74, 6) is 0.399. The lowest BCUT2D eigenvalue weighted by molar-refractivity contribution is -0.110. The Balaban J connectivity index is 1.84. The van der Waals surface area contributed by atoms with Gasteiger partial charge in [-0.3, -0.25) is 4.79 Å². The third kappa shape index (κ3) is 5.36. The molecule has 0 saturated heterocycles. The first-order chi connectivity index (χ1) is 14.1. The van der Waals surface area contributed by atoms with Gasteiger partial charge in [-0.15, -0.1) is 0 Å². The molecule has 3 rings (SSSR count). The van der Waals surface area contributed by atoms with Gasteiger partial charge in [0.25, 0.3) is 5.91 Å². The van der Waals surface area contributed by atoms with Crippen LogP contribution in [0.1, 0.15) is 16.7 Å². The standard InChI is InChI=1S/C23H21ClN2O3/c1-16-7-3-6-10-21(16)29-15-17-8-4-5-9-20(17)22(26-28-2)23(27)25-19-13-11-18(24)12-14-19/h3-14H,15H2,1-2H3,(H,25,27). The predicted molar refractivity (Wildman–Crippen MR) is 116 cm³/mol. The predicted octanol–water partition coefficient (Wildman–Crippen LogP) is 5.22. The molecule has 0 spiro atoms. The maximum absolute atomic E-state index is 12.9. The van der Waals surface area contributed by atoms with E-state index in [0.717, 1.165) is 16.9 Å². The summed E-state index contributed by atoms with van der Waals surface area (Å²) in [5.41, 5.74) is 3.26. The van der Waals surface area contributed by atoms with Crippen molar-refractivity contribution in [1.29, 1.82) is 0 Å². The Kier molecular flexibility index (Phi) is 6.87. The number of anilines is 1. The highest BCUT2D eigenvalue weighted by Crippen LogP contribution is 2.20. The quantitative estimate of drug-likeness (QED) is 0.431. The number of carbonyl (C=O) groups is 1. The molecule has 5 nitrogen and oxygen atoms in total. The van der Waals surface area contributed by atoms with Gasteiger partial charge in [-0.2, -0.15) is 0 Å². The molecule has 0 aliphatic rings. The zero-order chi connectivity index (χ0) is 20.6. The topological polar surface area (TPSA) is 59.9 Å². The van der Waals surface area contributed by atoms with Crippen molar-refractivity contribution in [3.63, 3.8) is 0 Å². The molecule has 0 heterocycles.